The van der Waals surface area contributed by atoms with E-state index in [2.05, 4.69) is 5.32 Å². The summed E-state index contributed by atoms with van der Waals surface area (Å²) in [5.74, 6) is -0.00991. The SMILES string of the molecule is Cc1cscc1C(=O)N[C@]1(C(=O)O)CCSC1. The lowest BCUT2D eigenvalue weighted by Gasteiger charge is -2.24. The van der Waals surface area contributed by atoms with E-state index in [0.29, 0.717) is 17.7 Å². The lowest BCUT2D eigenvalue weighted by Crippen LogP contribution is -2.54. The normalized spacial score (nSPS) is 23.6. The van der Waals surface area contributed by atoms with Gasteiger partial charge in [0, 0.05) is 11.1 Å². The van der Waals surface area contributed by atoms with Crippen molar-refractivity contribution in [2.75, 3.05) is 11.5 Å². The number of amides is 1. The van der Waals surface area contributed by atoms with Crippen LogP contribution in [0.5, 0.6) is 0 Å². The van der Waals surface area contributed by atoms with Gasteiger partial charge in [-0.05, 0) is 30.0 Å². The Labute approximate surface area is 107 Å². The molecule has 1 aromatic heterocycles. The van der Waals surface area contributed by atoms with E-state index in [1.165, 1.54) is 11.3 Å². The number of carboxylic acid groups (broad SMARTS) is 1. The summed E-state index contributed by atoms with van der Waals surface area (Å²) < 4.78 is 0. The molecule has 1 aliphatic rings. The number of rotatable bonds is 3. The van der Waals surface area contributed by atoms with Crippen molar-refractivity contribution in [2.45, 2.75) is 18.9 Å². The third-order valence-electron chi connectivity index (χ3n) is 2.88. The zero-order valence-corrected chi connectivity index (χ0v) is 11.0. The first kappa shape index (κ1) is 12.4. The van der Waals surface area contributed by atoms with Crippen LogP contribution in [-0.4, -0.2) is 34.0 Å². The highest BCUT2D eigenvalue weighted by Gasteiger charge is 2.43. The third-order valence-corrected chi connectivity index (χ3v) is 4.94. The Morgan fingerprint density at radius 3 is 2.71 bits per heavy atom. The Kier molecular flexibility index (Phi) is 3.44. The highest BCUT2D eigenvalue weighted by molar-refractivity contribution is 7.99. The molecule has 2 heterocycles. The zero-order chi connectivity index (χ0) is 12.5. The molecule has 0 saturated carbocycles. The van der Waals surface area contributed by atoms with Gasteiger partial charge in [0.05, 0.1) is 5.56 Å². The van der Waals surface area contributed by atoms with Crippen LogP contribution < -0.4 is 5.32 Å². The predicted octanol–water partition coefficient (Wildman–Crippen LogP) is 1.75. The summed E-state index contributed by atoms with van der Waals surface area (Å²) >= 11 is 3.01. The molecule has 0 aromatic carbocycles. The van der Waals surface area contributed by atoms with Crippen molar-refractivity contribution in [3.05, 3.63) is 21.9 Å². The van der Waals surface area contributed by atoms with E-state index in [-0.39, 0.29) is 5.91 Å². The molecule has 1 saturated heterocycles. The van der Waals surface area contributed by atoms with Gasteiger partial charge in [0.15, 0.2) is 0 Å². The van der Waals surface area contributed by atoms with Gasteiger partial charge in [-0.2, -0.15) is 23.1 Å². The first-order valence-electron chi connectivity index (χ1n) is 5.22. The fourth-order valence-corrected chi connectivity index (χ4v) is 3.92. The number of thioether (sulfide) groups is 1. The van der Waals surface area contributed by atoms with Crippen molar-refractivity contribution in [3.63, 3.8) is 0 Å². The fraction of sp³-hybridized carbons (Fsp3) is 0.455. The van der Waals surface area contributed by atoms with E-state index in [9.17, 15) is 14.7 Å². The Hall–Kier alpha value is -1.01. The quantitative estimate of drug-likeness (QED) is 0.879. The summed E-state index contributed by atoms with van der Waals surface area (Å²) in [4.78, 5) is 23.3. The van der Waals surface area contributed by atoms with Crippen LogP contribution in [0, 0.1) is 6.92 Å². The van der Waals surface area contributed by atoms with Crippen LogP contribution in [0.4, 0.5) is 0 Å². The molecular weight excluding hydrogens is 258 g/mol. The second kappa shape index (κ2) is 4.70. The van der Waals surface area contributed by atoms with Crippen LogP contribution in [0.15, 0.2) is 10.8 Å². The van der Waals surface area contributed by atoms with Crippen LogP contribution >= 0.6 is 23.1 Å². The van der Waals surface area contributed by atoms with Crippen molar-refractivity contribution in [2.24, 2.45) is 0 Å². The molecule has 0 aliphatic carbocycles. The summed E-state index contributed by atoms with van der Waals surface area (Å²) in [6.45, 7) is 1.85. The third kappa shape index (κ3) is 2.32. The largest absolute Gasteiger partial charge is 0.479 e. The molecule has 2 rings (SSSR count). The molecule has 1 aliphatic heterocycles. The molecule has 0 radical (unpaired) electrons. The molecule has 2 N–H and O–H groups in total. The molecule has 1 aromatic rings. The Morgan fingerprint density at radius 2 is 2.24 bits per heavy atom. The van der Waals surface area contributed by atoms with Gasteiger partial charge < -0.3 is 10.4 Å². The van der Waals surface area contributed by atoms with Gasteiger partial charge >= 0.3 is 5.97 Å². The van der Waals surface area contributed by atoms with Crippen molar-refractivity contribution < 1.29 is 14.7 Å². The van der Waals surface area contributed by atoms with Gasteiger partial charge in [0.25, 0.3) is 5.91 Å². The summed E-state index contributed by atoms with van der Waals surface area (Å²) in [5, 5.41) is 15.6. The number of nitrogens with one attached hydrogen (secondary N) is 1. The van der Waals surface area contributed by atoms with Gasteiger partial charge in [0.2, 0.25) is 0 Å². The molecular formula is C11H13NO3S2. The molecule has 1 fully saturated rings. The van der Waals surface area contributed by atoms with Crippen LogP contribution in [-0.2, 0) is 4.79 Å². The fourth-order valence-electron chi connectivity index (χ4n) is 1.76. The average Bonchev–Trinajstić information content (AvgIpc) is 2.87. The summed E-state index contributed by atoms with van der Waals surface area (Å²) in [6.07, 6.45) is 0.488. The van der Waals surface area contributed by atoms with Gasteiger partial charge in [-0.15, -0.1) is 0 Å². The molecule has 1 amide bonds. The highest BCUT2D eigenvalue weighted by Crippen LogP contribution is 2.29. The summed E-state index contributed by atoms with van der Waals surface area (Å²) in [7, 11) is 0. The number of aryl methyl sites for hydroxylation is 1. The standard InChI is InChI=1S/C11H13NO3S2/c1-7-4-17-5-8(7)9(13)12-11(10(14)15)2-3-16-6-11/h4-5H,2-3,6H2,1H3,(H,12,13)(H,14,15)/t11-/m1/s1. The second-order valence-corrected chi connectivity index (χ2v) is 5.96. The maximum Gasteiger partial charge on any atom is 0.330 e. The van der Waals surface area contributed by atoms with Gasteiger partial charge in [-0.3, -0.25) is 4.79 Å². The monoisotopic (exact) mass is 271 g/mol. The van der Waals surface area contributed by atoms with Crippen LogP contribution in [0.1, 0.15) is 22.3 Å². The van der Waals surface area contributed by atoms with Crippen LogP contribution in [0.25, 0.3) is 0 Å². The highest BCUT2D eigenvalue weighted by atomic mass is 32.2. The predicted molar refractivity (Wildman–Crippen MR) is 68.8 cm³/mol. The van der Waals surface area contributed by atoms with E-state index in [1.54, 1.807) is 17.1 Å². The Balaban J connectivity index is 2.17. The van der Waals surface area contributed by atoms with E-state index < -0.39 is 11.5 Å². The Morgan fingerprint density at radius 1 is 1.47 bits per heavy atom. The van der Waals surface area contributed by atoms with Crippen molar-refractivity contribution in [3.8, 4) is 0 Å². The topological polar surface area (TPSA) is 66.4 Å². The van der Waals surface area contributed by atoms with Gasteiger partial charge in [-0.25, -0.2) is 4.79 Å². The number of carbonyl (C=O) groups excluding carboxylic acids is 1. The molecule has 0 bridgehead atoms. The van der Waals surface area contributed by atoms with Crippen LogP contribution in [0.3, 0.4) is 0 Å². The molecule has 92 valence electrons. The van der Waals surface area contributed by atoms with Crippen molar-refractivity contribution >= 4 is 35.0 Å². The van der Waals surface area contributed by atoms with Crippen molar-refractivity contribution in [1.29, 1.82) is 0 Å². The first-order valence-corrected chi connectivity index (χ1v) is 7.31. The summed E-state index contributed by atoms with van der Waals surface area (Å²) in [5.41, 5.74) is 0.377. The minimum absolute atomic E-state index is 0.284. The maximum atomic E-state index is 12.0. The maximum absolute atomic E-state index is 12.0. The minimum Gasteiger partial charge on any atom is -0.479 e. The average molecular weight is 271 g/mol. The summed E-state index contributed by atoms with van der Waals surface area (Å²) in [6, 6.07) is 0. The molecule has 0 unspecified atom stereocenters. The lowest BCUT2D eigenvalue weighted by molar-refractivity contribution is -0.143. The Bertz CT molecular complexity index is 449. The lowest BCUT2D eigenvalue weighted by atomic mass is 9.98. The second-order valence-electron chi connectivity index (χ2n) is 4.11. The zero-order valence-electron chi connectivity index (χ0n) is 9.36. The van der Waals surface area contributed by atoms with E-state index in [0.717, 1.165) is 11.3 Å². The molecule has 0 spiro atoms. The minimum atomic E-state index is -1.09. The molecule has 1 atom stereocenters. The van der Waals surface area contributed by atoms with E-state index in [1.807, 2.05) is 12.3 Å². The number of carbonyl (C=O) groups is 2. The van der Waals surface area contributed by atoms with Gasteiger partial charge in [0.1, 0.15) is 5.54 Å². The molecule has 17 heavy (non-hydrogen) atoms. The molecule has 4 nitrogen and oxygen atoms in total. The molecule has 6 heteroatoms. The van der Waals surface area contributed by atoms with E-state index >= 15 is 0 Å². The van der Waals surface area contributed by atoms with Gasteiger partial charge in [-0.1, -0.05) is 0 Å². The number of aliphatic carboxylic acids is 1. The number of thiophene rings is 1. The first-order chi connectivity index (χ1) is 8.05. The van der Waals surface area contributed by atoms with E-state index in [4.69, 9.17) is 0 Å². The van der Waals surface area contributed by atoms with Crippen LogP contribution in [0.2, 0.25) is 0 Å². The number of carboxylic acids is 1. The number of hydrogen-bond donors (Lipinski definition) is 2. The number of hydrogen-bond acceptors (Lipinski definition) is 4. The van der Waals surface area contributed by atoms with Crippen molar-refractivity contribution in [1.82, 2.24) is 5.32 Å². The smallest absolute Gasteiger partial charge is 0.330 e.